The first kappa shape index (κ1) is 36.9. The van der Waals surface area contributed by atoms with Gasteiger partial charge >= 0.3 is 5.97 Å². The van der Waals surface area contributed by atoms with E-state index in [1.807, 2.05) is 12.1 Å². The van der Waals surface area contributed by atoms with Crippen LogP contribution in [0.1, 0.15) is 59.2 Å². The van der Waals surface area contributed by atoms with Crippen molar-refractivity contribution >= 4 is 39.1 Å². The van der Waals surface area contributed by atoms with Gasteiger partial charge in [0.15, 0.2) is 0 Å². The van der Waals surface area contributed by atoms with Gasteiger partial charge in [0.25, 0.3) is 0 Å². The topological polar surface area (TPSA) is 143 Å². The molecule has 2 aliphatic carbocycles. The minimum absolute atomic E-state index is 0.0876. The van der Waals surface area contributed by atoms with Crippen molar-refractivity contribution in [2.24, 2.45) is 11.8 Å². The second-order valence-electron chi connectivity index (χ2n) is 13.8. The largest absolute Gasteiger partial charge is 0.497 e. The zero-order valence-electron chi connectivity index (χ0n) is 29.1. The van der Waals surface area contributed by atoms with Crippen LogP contribution < -0.4 is 29.1 Å². The highest BCUT2D eigenvalue weighted by Gasteiger charge is 2.44. The number of rotatable bonds is 15. The number of methoxy groups -OCH3 is 2. The van der Waals surface area contributed by atoms with Gasteiger partial charge in [0.1, 0.15) is 23.0 Å². The number of Topliss-reactive ketones (excluding diaryl/α,β-unsaturated/α-hetero) is 1. The second kappa shape index (κ2) is 15.8. The number of carboxylic acids is 1. The highest BCUT2D eigenvalue weighted by molar-refractivity contribution is 7.89. The molecule has 3 aliphatic rings. The van der Waals surface area contributed by atoms with Crippen LogP contribution in [0, 0.1) is 11.8 Å². The molecule has 1 heterocycles. The van der Waals surface area contributed by atoms with E-state index < -0.39 is 16.0 Å². The van der Waals surface area contributed by atoms with Crippen LogP contribution in [0.5, 0.6) is 17.2 Å². The number of ether oxygens (including phenoxy) is 3. The Labute approximate surface area is 304 Å². The summed E-state index contributed by atoms with van der Waals surface area (Å²) in [5.41, 5.74) is 3.77. The first-order valence-electron chi connectivity index (χ1n) is 17.5. The molecule has 0 radical (unpaired) electrons. The van der Waals surface area contributed by atoms with Crippen molar-refractivity contribution in [2.45, 2.75) is 50.5 Å². The summed E-state index contributed by atoms with van der Waals surface area (Å²) in [4.78, 5) is 27.6. The Balaban J connectivity index is 1.05. The van der Waals surface area contributed by atoms with Crippen LogP contribution >= 0.6 is 11.6 Å². The Kier molecular flexibility index (Phi) is 11.5. The zero-order valence-corrected chi connectivity index (χ0v) is 30.7. The SMILES string of the molecule is COc1ccc(CNS(=O)(=O)CCNCCC(=O)[C@@H]2CC[C@H]2CN2C[C@@]3(CCCc4cc(Cl)ccc43)COc3ccc(C(=O)O)cc32)c(OC)c1. The van der Waals surface area contributed by atoms with Crippen LogP contribution in [0.2, 0.25) is 5.02 Å². The van der Waals surface area contributed by atoms with Crippen LogP contribution in [-0.2, 0) is 33.2 Å². The highest BCUT2D eigenvalue weighted by Crippen LogP contribution is 2.46. The van der Waals surface area contributed by atoms with Crippen molar-refractivity contribution in [2.75, 3.05) is 57.7 Å². The average Bonchev–Trinajstić information content (AvgIpc) is 3.25. The number of ketones is 1. The zero-order chi connectivity index (χ0) is 36.2. The molecule has 51 heavy (non-hydrogen) atoms. The number of nitrogens with zero attached hydrogens (tertiary/aromatic N) is 1. The van der Waals surface area contributed by atoms with Gasteiger partial charge in [0.05, 0.1) is 37.8 Å². The lowest BCUT2D eigenvalue weighted by Gasteiger charge is -2.44. The lowest BCUT2D eigenvalue weighted by molar-refractivity contribution is -0.127. The standard InChI is InChI=1S/C38H46ClN3O8S/c1-48-30-9-5-27(36(20-30)49-2)21-41-51(46,47)17-16-40-15-13-34(43)31-10-6-28(31)22-42-23-38(14-3-4-25-18-29(39)8-11-32(25)38)24-50-35-12-7-26(37(44)45)19-33(35)42/h5,7-9,11-12,18-20,28,31,40-41H,3-4,6,10,13-17,21-24H2,1-2H3,(H,44,45)/t28-,31+,38-/m0/s1. The van der Waals surface area contributed by atoms with Gasteiger partial charge in [-0.2, -0.15) is 0 Å². The van der Waals surface area contributed by atoms with E-state index in [0.717, 1.165) is 37.8 Å². The molecule has 1 spiro atoms. The molecule has 0 aromatic heterocycles. The number of hydrogen-bond donors (Lipinski definition) is 3. The summed E-state index contributed by atoms with van der Waals surface area (Å²) >= 11 is 6.38. The minimum Gasteiger partial charge on any atom is -0.497 e. The fraction of sp³-hybridized carbons (Fsp3) is 0.474. The lowest BCUT2D eigenvalue weighted by Crippen LogP contribution is -2.49. The molecule has 3 atom stereocenters. The number of fused-ring (bicyclic) bond motifs is 3. The van der Waals surface area contributed by atoms with Gasteiger partial charge < -0.3 is 29.5 Å². The Hall–Kier alpha value is -3.84. The Morgan fingerprint density at radius 3 is 2.65 bits per heavy atom. The average molecular weight is 740 g/mol. The Morgan fingerprint density at radius 2 is 1.90 bits per heavy atom. The van der Waals surface area contributed by atoms with Crippen LogP contribution in [0.3, 0.4) is 0 Å². The van der Waals surface area contributed by atoms with Gasteiger partial charge in [-0.05, 0) is 85.5 Å². The fourth-order valence-electron chi connectivity index (χ4n) is 7.73. The number of halogens is 1. The third-order valence-electron chi connectivity index (χ3n) is 10.6. The first-order valence-corrected chi connectivity index (χ1v) is 19.5. The number of carbonyl (C=O) groups is 2. The van der Waals surface area contributed by atoms with E-state index in [0.29, 0.717) is 60.5 Å². The van der Waals surface area contributed by atoms with Gasteiger partial charge in [-0.25, -0.2) is 17.9 Å². The van der Waals surface area contributed by atoms with Crippen molar-refractivity contribution in [1.82, 2.24) is 10.0 Å². The van der Waals surface area contributed by atoms with E-state index in [1.165, 1.54) is 18.2 Å². The molecule has 1 fully saturated rings. The van der Waals surface area contributed by atoms with Crippen molar-refractivity contribution in [3.05, 3.63) is 81.9 Å². The van der Waals surface area contributed by atoms with Crippen LogP contribution in [0.15, 0.2) is 54.6 Å². The molecule has 0 saturated heterocycles. The van der Waals surface area contributed by atoms with E-state index in [9.17, 15) is 23.1 Å². The predicted octanol–water partition coefficient (Wildman–Crippen LogP) is 5.22. The molecule has 1 saturated carbocycles. The quantitative estimate of drug-likeness (QED) is 0.178. The van der Waals surface area contributed by atoms with Crippen LogP contribution in [0.25, 0.3) is 0 Å². The number of aryl methyl sites for hydroxylation is 1. The maximum absolute atomic E-state index is 13.4. The minimum atomic E-state index is -3.57. The van der Waals surface area contributed by atoms with E-state index >= 15 is 0 Å². The second-order valence-corrected chi connectivity index (χ2v) is 16.2. The van der Waals surface area contributed by atoms with Gasteiger partial charge in [0, 0.05) is 67.1 Å². The molecule has 3 N–H and O–H groups in total. The Morgan fingerprint density at radius 1 is 1.06 bits per heavy atom. The number of hydrogen-bond acceptors (Lipinski definition) is 9. The Bertz CT molecular complexity index is 1870. The third kappa shape index (κ3) is 8.46. The van der Waals surface area contributed by atoms with Crippen molar-refractivity contribution < 1.29 is 37.3 Å². The smallest absolute Gasteiger partial charge is 0.335 e. The molecule has 0 amide bonds. The summed E-state index contributed by atoms with van der Waals surface area (Å²) in [5, 5.41) is 13.6. The van der Waals surface area contributed by atoms with E-state index in [4.69, 9.17) is 25.8 Å². The number of sulfonamides is 1. The van der Waals surface area contributed by atoms with Crippen molar-refractivity contribution in [3.8, 4) is 17.2 Å². The molecular weight excluding hydrogens is 694 g/mol. The van der Waals surface area contributed by atoms with Gasteiger partial charge in [-0.15, -0.1) is 0 Å². The molecule has 0 unspecified atom stereocenters. The van der Waals surface area contributed by atoms with Crippen LogP contribution in [0.4, 0.5) is 5.69 Å². The highest BCUT2D eigenvalue weighted by atomic mass is 35.5. The van der Waals surface area contributed by atoms with E-state index in [2.05, 4.69) is 21.0 Å². The van der Waals surface area contributed by atoms with E-state index in [-0.39, 0.29) is 47.4 Å². The number of anilines is 1. The number of carbonyl (C=O) groups excluding carboxylic acids is 1. The molecular formula is C38H46ClN3O8S. The van der Waals surface area contributed by atoms with Crippen molar-refractivity contribution in [1.29, 1.82) is 0 Å². The monoisotopic (exact) mass is 739 g/mol. The molecule has 13 heteroatoms. The summed E-state index contributed by atoms with van der Waals surface area (Å²) < 4.78 is 44.9. The molecule has 11 nitrogen and oxygen atoms in total. The van der Waals surface area contributed by atoms with Gasteiger partial charge in [0.2, 0.25) is 10.0 Å². The normalized spacial score (nSPS) is 21.1. The summed E-state index contributed by atoms with van der Waals surface area (Å²) in [6.07, 6.45) is 4.87. The summed E-state index contributed by atoms with van der Waals surface area (Å²) in [5.74, 6) is 0.831. The summed E-state index contributed by atoms with van der Waals surface area (Å²) in [6, 6.07) is 16.3. The summed E-state index contributed by atoms with van der Waals surface area (Å²) in [6.45, 7) is 2.40. The first-order chi connectivity index (χ1) is 24.5. The number of nitrogens with one attached hydrogen (secondary N) is 2. The predicted molar refractivity (Wildman–Crippen MR) is 196 cm³/mol. The molecule has 3 aromatic rings. The molecule has 274 valence electrons. The molecule has 3 aromatic carbocycles. The number of carboxylic acid groups (broad SMARTS) is 1. The summed E-state index contributed by atoms with van der Waals surface area (Å²) in [7, 11) is -0.497. The fourth-order valence-corrected chi connectivity index (χ4v) is 8.86. The molecule has 6 rings (SSSR count). The maximum Gasteiger partial charge on any atom is 0.335 e. The maximum atomic E-state index is 13.4. The van der Waals surface area contributed by atoms with E-state index in [1.54, 1.807) is 43.5 Å². The van der Waals surface area contributed by atoms with Crippen LogP contribution in [-0.4, -0.2) is 78.0 Å². The van der Waals surface area contributed by atoms with Crippen molar-refractivity contribution in [3.63, 3.8) is 0 Å². The molecule has 0 bridgehead atoms. The molecule has 1 aliphatic heterocycles. The number of aromatic carboxylic acids is 1. The van der Waals surface area contributed by atoms with Gasteiger partial charge in [-0.3, -0.25) is 4.79 Å². The third-order valence-corrected chi connectivity index (χ3v) is 12.2. The lowest BCUT2D eigenvalue weighted by atomic mass is 9.68. The van der Waals surface area contributed by atoms with Gasteiger partial charge in [-0.1, -0.05) is 23.7 Å². The number of benzene rings is 3.